The van der Waals surface area contributed by atoms with E-state index in [1.54, 1.807) is 30.5 Å². The van der Waals surface area contributed by atoms with E-state index in [4.69, 9.17) is 19.4 Å². The molecule has 0 atom stereocenters. The van der Waals surface area contributed by atoms with Gasteiger partial charge in [-0.05, 0) is 43.3 Å². The molecule has 154 valence electrons. The van der Waals surface area contributed by atoms with Crippen molar-refractivity contribution in [3.63, 3.8) is 0 Å². The van der Waals surface area contributed by atoms with Gasteiger partial charge in [-0.15, -0.1) is 0 Å². The van der Waals surface area contributed by atoms with Crippen molar-refractivity contribution in [2.24, 2.45) is 0 Å². The minimum absolute atomic E-state index is 0.374. The highest BCUT2D eigenvalue weighted by Gasteiger charge is 2.21. The van der Waals surface area contributed by atoms with E-state index in [1.165, 1.54) is 13.8 Å². The molecule has 0 saturated carbocycles. The lowest BCUT2D eigenvalue weighted by atomic mass is 10.3. The third kappa shape index (κ3) is 3.09. The summed E-state index contributed by atoms with van der Waals surface area (Å²) in [5, 5.41) is 0.640. The van der Waals surface area contributed by atoms with Gasteiger partial charge in [0.1, 0.15) is 17.0 Å². The van der Waals surface area contributed by atoms with Crippen LogP contribution in [0, 0.1) is 6.92 Å². The maximum atomic E-state index is 11.8. The zero-order valence-corrected chi connectivity index (χ0v) is 17.1. The fourth-order valence-corrected chi connectivity index (χ4v) is 3.79. The van der Waals surface area contributed by atoms with Crippen LogP contribution in [0.4, 0.5) is 0 Å². The minimum Gasteiger partial charge on any atom is -0.427 e. The SMILES string of the molecule is CC(=O)Oc1ccc(-n2cc(OC(C)=O)c3c2nc(C)n2c4ccccc4nc32)cc1. The van der Waals surface area contributed by atoms with Crippen LogP contribution < -0.4 is 9.47 Å². The molecule has 5 aromatic rings. The molecule has 0 bridgehead atoms. The first-order chi connectivity index (χ1) is 14.9. The summed E-state index contributed by atoms with van der Waals surface area (Å²) in [5.74, 6) is 0.751. The van der Waals surface area contributed by atoms with E-state index in [2.05, 4.69) is 0 Å². The van der Waals surface area contributed by atoms with Gasteiger partial charge in [0.05, 0.1) is 17.2 Å². The van der Waals surface area contributed by atoms with Crippen LogP contribution in [0.1, 0.15) is 19.7 Å². The lowest BCUT2D eigenvalue weighted by Crippen LogP contribution is -2.02. The molecular formula is C23H18N4O4. The van der Waals surface area contributed by atoms with Crippen LogP contribution in [-0.2, 0) is 9.59 Å². The smallest absolute Gasteiger partial charge is 0.308 e. The molecule has 5 rings (SSSR count). The Labute approximate surface area is 176 Å². The van der Waals surface area contributed by atoms with Gasteiger partial charge in [-0.1, -0.05) is 12.1 Å². The van der Waals surface area contributed by atoms with Crippen LogP contribution in [0.25, 0.3) is 33.4 Å². The van der Waals surface area contributed by atoms with Crippen LogP contribution >= 0.6 is 0 Å². The van der Waals surface area contributed by atoms with E-state index in [9.17, 15) is 9.59 Å². The number of carbonyl (C=O) groups is 2. The Kier molecular flexibility index (Phi) is 4.21. The quantitative estimate of drug-likeness (QED) is 0.328. The molecule has 0 saturated heterocycles. The molecule has 3 heterocycles. The van der Waals surface area contributed by atoms with E-state index in [0.717, 1.165) is 22.5 Å². The Hall–Kier alpha value is -4.20. The predicted molar refractivity (Wildman–Crippen MR) is 115 cm³/mol. The number of nitrogens with zero attached hydrogens (tertiary/aromatic N) is 4. The number of imidazole rings is 1. The Balaban J connectivity index is 1.80. The number of rotatable bonds is 3. The number of benzene rings is 2. The molecule has 0 N–H and O–H groups in total. The molecule has 0 amide bonds. The molecule has 0 fully saturated rings. The fourth-order valence-electron chi connectivity index (χ4n) is 3.79. The number of hydrogen-bond acceptors (Lipinski definition) is 6. The van der Waals surface area contributed by atoms with Crippen LogP contribution in [-0.4, -0.2) is 30.9 Å². The largest absolute Gasteiger partial charge is 0.427 e. The van der Waals surface area contributed by atoms with Gasteiger partial charge in [0.15, 0.2) is 17.0 Å². The number of para-hydroxylation sites is 2. The molecule has 2 aromatic carbocycles. The summed E-state index contributed by atoms with van der Waals surface area (Å²) in [5.41, 5.74) is 3.79. The standard InChI is InChI=1S/C23H18N4O4/c1-13-24-22-21(23-25-18-6-4-5-7-19(18)27(13)23)20(31-15(3)29)12-26(22)16-8-10-17(11-9-16)30-14(2)28/h4-12H,1-3H3. The lowest BCUT2D eigenvalue weighted by Gasteiger charge is -2.08. The van der Waals surface area contributed by atoms with E-state index >= 15 is 0 Å². The average Bonchev–Trinajstić information content (AvgIpc) is 3.26. The van der Waals surface area contributed by atoms with Crippen molar-refractivity contribution in [1.29, 1.82) is 0 Å². The molecule has 31 heavy (non-hydrogen) atoms. The van der Waals surface area contributed by atoms with Gasteiger partial charge in [0, 0.05) is 19.5 Å². The van der Waals surface area contributed by atoms with Crippen molar-refractivity contribution in [2.75, 3.05) is 0 Å². The topological polar surface area (TPSA) is 87.7 Å². The number of esters is 2. The van der Waals surface area contributed by atoms with Gasteiger partial charge in [-0.2, -0.15) is 0 Å². The van der Waals surface area contributed by atoms with Gasteiger partial charge >= 0.3 is 11.9 Å². The second-order valence-corrected chi connectivity index (χ2v) is 7.16. The number of hydrogen-bond donors (Lipinski definition) is 0. The van der Waals surface area contributed by atoms with Crippen molar-refractivity contribution in [2.45, 2.75) is 20.8 Å². The molecule has 0 aliphatic heterocycles. The third-order valence-corrected chi connectivity index (χ3v) is 4.95. The van der Waals surface area contributed by atoms with Crippen molar-refractivity contribution in [3.05, 3.63) is 60.6 Å². The summed E-state index contributed by atoms with van der Waals surface area (Å²) in [7, 11) is 0. The first-order valence-corrected chi connectivity index (χ1v) is 9.68. The summed E-state index contributed by atoms with van der Waals surface area (Å²) in [6.45, 7) is 4.62. The van der Waals surface area contributed by atoms with Crippen LogP contribution in [0.2, 0.25) is 0 Å². The Bertz CT molecular complexity index is 1500. The fraction of sp³-hybridized carbons (Fsp3) is 0.130. The van der Waals surface area contributed by atoms with E-state index in [0.29, 0.717) is 28.2 Å². The summed E-state index contributed by atoms with van der Waals surface area (Å²) in [4.78, 5) is 32.6. The summed E-state index contributed by atoms with van der Waals surface area (Å²) in [6, 6.07) is 14.8. The molecule has 8 heteroatoms. The number of ether oxygens (including phenoxy) is 2. The van der Waals surface area contributed by atoms with Crippen molar-refractivity contribution in [1.82, 2.24) is 18.9 Å². The zero-order chi connectivity index (χ0) is 21.7. The zero-order valence-electron chi connectivity index (χ0n) is 17.1. The monoisotopic (exact) mass is 414 g/mol. The van der Waals surface area contributed by atoms with Crippen molar-refractivity contribution < 1.29 is 19.1 Å². The van der Waals surface area contributed by atoms with Gasteiger partial charge in [0.2, 0.25) is 0 Å². The molecular weight excluding hydrogens is 396 g/mol. The maximum Gasteiger partial charge on any atom is 0.308 e. The van der Waals surface area contributed by atoms with Crippen LogP contribution in [0.3, 0.4) is 0 Å². The molecule has 0 unspecified atom stereocenters. The van der Waals surface area contributed by atoms with Crippen LogP contribution in [0.5, 0.6) is 11.5 Å². The Morgan fingerprint density at radius 2 is 1.58 bits per heavy atom. The Morgan fingerprint density at radius 1 is 0.871 bits per heavy atom. The number of carbonyl (C=O) groups excluding carboxylic acids is 2. The minimum atomic E-state index is -0.431. The second kappa shape index (κ2) is 6.94. The molecule has 0 aliphatic rings. The molecule has 0 spiro atoms. The number of fused-ring (bicyclic) bond motifs is 5. The highest BCUT2D eigenvalue weighted by atomic mass is 16.5. The van der Waals surface area contributed by atoms with Gasteiger partial charge in [-0.3, -0.25) is 18.6 Å². The average molecular weight is 414 g/mol. The molecule has 0 aliphatic carbocycles. The lowest BCUT2D eigenvalue weighted by molar-refractivity contribution is -0.132. The van der Waals surface area contributed by atoms with Crippen LogP contribution in [0.15, 0.2) is 54.7 Å². The first-order valence-electron chi connectivity index (χ1n) is 9.68. The van der Waals surface area contributed by atoms with E-state index < -0.39 is 5.97 Å². The molecule has 8 nitrogen and oxygen atoms in total. The molecule has 3 aromatic heterocycles. The first kappa shape index (κ1) is 18.8. The Morgan fingerprint density at radius 3 is 2.29 bits per heavy atom. The van der Waals surface area contributed by atoms with Crippen molar-refractivity contribution >= 4 is 39.7 Å². The van der Waals surface area contributed by atoms with E-state index in [-0.39, 0.29) is 5.97 Å². The highest BCUT2D eigenvalue weighted by Crippen LogP contribution is 2.35. The highest BCUT2D eigenvalue weighted by molar-refractivity contribution is 6.01. The summed E-state index contributed by atoms with van der Waals surface area (Å²) in [6.07, 6.45) is 1.72. The van der Waals surface area contributed by atoms with Gasteiger partial charge < -0.3 is 9.47 Å². The summed E-state index contributed by atoms with van der Waals surface area (Å²) < 4.78 is 14.4. The normalized spacial score (nSPS) is 11.3. The van der Waals surface area contributed by atoms with Gasteiger partial charge in [-0.25, -0.2) is 9.97 Å². The third-order valence-electron chi connectivity index (χ3n) is 4.95. The number of aromatic nitrogens is 4. The second-order valence-electron chi connectivity index (χ2n) is 7.16. The molecule has 0 radical (unpaired) electrons. The number of aryl methyl sites for hydroxylation is 1. The predicted octanol–water partition coefficient (Wildman–Crippen LogP) is 3.99. The van der Waals surface area contributed by atoms with E-state index in [1.807, 2.05) is 40.2 Å². The van der Waals surface area contributed by atoms with Crippen molar-refractivity contribution in [3.8, 4) is 17.2 Å². The van der Waals surface area contributed by atoms with Gasteiger partial charge in [0.25, 0.3) is 0 Å². The maximum absolute atomic E-state index is 11.8. The summed E-state index contributed by atoms with van der Waals surface area (Å²) >= 11 is 0.